The smallest absolute Gasteiger partial charge is 0.420 e. The lowest BCUT2D eigenvalue weighted by atomic mass is 10.2. The van der Waals surface area contributed by atoms with Crippen molar-refractivity contribution in [3.63, 3.8) is 0 Å². The van der Waals surface area contributed by atoms with Gasteiger partial charge in [0.2, 0.25) is 6.10 Å². The number of halogens is 3. The predicted molar refractivity (Wildman–Crippen MR) is 23.7 cm³/mol. The maximum absolute atomic E-state index is 11.5. The summed E-state index contributed by atoms with van der Waals surface area (Å²) in [5, 5.41) is 18.0. The van der Waals surface area contributed by atoms with Gasteiger partial charge in [-0.1, -0.05) is 0 Å². The molecule has 11 heavy (non-hydrogen) atoms. The normalized spacial score (nSPS) is 17.5. The van der Waals surface area contributed by atoms with Crippen molar-refractivity contribution in [2.45, 2.75) is 18.3 Å². The van der Waals surface area contributed by atoms with E-state index in [9.17, 15) is 23.1 Å². The molecule has 0 saturated carbocycles. The summed E-state index contributed by atoms with van der Waals surface area (Å²) < 4.78 is 34.4. The van der Waals surface area contributed by atoms with Crippen molar-refractivity contribution in [1.29, 1.82) is 0 Å². The molecule has 0 unspecified atom stereocenters. The molecule has 0 aromatic heterocycles. The van der Waals surface area contributed by atoms with Crippen LogP contribution in [0.15, 0.2) is 0 Å². The quantitative estimate of drug-likeness (QED) is 0.475. The largest absolute Gasteiger partial charge is 0.544 e. The van der Waals surface area contributed by atoms with Gasteiger partial charge in [0.1, 0.15) is 5.97 Å². The first-order valence-corrected chi connectivity index (χ1v) is 2.55. The monoisotopic (exact) mass is 173 g/mol. The average Bonchev–Trinajstić information content (AvgIpc) is 1.82. The molecule has 0 amide bonds. The number of aliphatic hydroxyl groups is 1. The van der Waals surface area contributed by atoms with Gasteiger partial charge in [0.05, 0.1) is 0 Å². The van der Waals surface area contributed by atoms with Crippen LogP contribution < -0.4 is 10.8 Å². The Bertz CT molecular complexity index is 157. The van der Waals surface area contributed by atoms with Crippen LogP contribution in [0.3, 0.4) is 0 Å². The van der Waals surface area contributed by atoms with Crippen molar-refractivity contribution in [3.8, 4) is 0 Å². The number of carbonyl (C=O) groups is 1. The van der Waals surface area contributed by atoms with Crippen LogP contribution in [0.2, 0.25) is 0 Å². The second-order valence-electron chi connectivity index (χ2n) is 1.91. The Hall–Kier alpha value is -0.820. The standard InChI is InChI=1S/C4H6F3NO3/c5-4(6,7)2(9)1(8)3(10)11/h1-2,9H,8H2,(H,10,11)/t1-,2-/m0/s1. The van der Waals surface area contributed by atoms with Gasteiger partial charge in [-0.15, -0.1) is 0 Å². The van der Waals surface area contributed by atoms with Crippen molar-refractivity contribution in [2.24, 2.45) is 0 Å². The van der Waals surface area contributed by atoms with Crippen LogP contribution in [0.1, 0.15) is 0 Å². The fraction of sp³-hybridized carbons (Fsp3) is 0.750. The van der Waals surface area contributed by atoms with Crippen molar-refractivity contribution >= 4 is 5.97 Å². The van der Waals surface area contributed by atoms with E-state index < -0.39 is 24.3 Å². The molecule has 0 rings (SSSR count). The number of hydrogen-bond acceptors (Lipinski definition) is 3. The second kappa shape index (κ2) is 3.05. The minimum absolute atomic E-state index is 2.03. The molecule has 0 spiro atoms. The lowest BCUT2D eigenvalue weighted by molar-refractivity contribution is -0.466. The summed E-state index contributed by atoms with van der Waals surface area (Å²) in [6, 6.07) is -2.19. The first-order valence-electron chi connectivity index (χ1n) is 2.55. The van der Waals surface area contributed by atoms with E-state index in [0.717, 1.165) is 0 Å². The molecular formula is C4H6F3NO3. The van der Waals surface area contributed by atoms with Gasteiger partial charge in [0, 0.05) is 0 Å². The third kappa shape index (κ3) is 2.72. The molecule has 4 N–H and O–H groups in total. The van der Waals surface area contributed by atoms with Crippen LogP contribution in [0.25, 0.3) is 0 Å². The highest BCUT2D eigenvalue weighted by Gasteiger charge is 2.44. The topological polar surface area (TPSA) is 88.0 Å². The number of hydrogen-bond donors (Lipinski definition) is 2. The highest BCUT2D eigenvalue weighted by atomic mass is 19.4. The molecule has 2 atom stereocenters. The van der Waals surface area contributed by atoms with Gasteiger partial charge in [-0.25, -0.2) is 0 Å². The number of quaternary nitrogens is 1. The minimum atomic E-state index is -4.97. The Morgan fingerprint density at radius 3 is 2.00 bits per heavy atom. The fourth-order valence-electron chi connectivity index (χ4n) is 0.357. The molecule has 0 bridgehead atoms. The van der Waals surface area contributed by atoms with Gasteiger partial charge in [0.15, 0.2) is 6.04 Å². The number of carbonyl (C=O) groups excluding carboxylic acids is 1. The lowest BCUT2D eigenvalue weighted by Gasteiger charge is -2.18. The summed E-state index contributed by atoms with van der Waals surface area (Å²) in [6.45, 7) is 0. The van der Waals surface area contributed by atoms with E-state index in [4.69, 9.17) is 5.11 Å². The van der Waals surface area contributed by atoms with Gasteiger partial charge < -0.3 is 20.7 Å². The Morgan fingerprint density at radius 1 is 1.55 bits per heavy atom. The maximum atomic E-state index is 11.5. The SMILES string of the molecule is [NH3+][C@H](C(=O)[O-])[C@H](O)C(F)(F)F. The minimum Gasteiger partial charge on any atom is -0.544 e. The summed E-state index contributed by atoms with van der Waals surface area (Å²) in [6.07, 6.45) is -7.93. The van der Waals surface area contributed by atoms with Crippen LogP contribution in [0.5, 0.6) is 0 Å². The molecule has 0 aliphatic heterocycles. The summed E-state index contributed by atoms with van der Waals surface area (Å²) in [4.78, 5) is 9.75. The molecule has 0 heterocycles. The summed E-state index contributed by atoms with van der Waals surface area (Å²) in [5.41, 5.74) is 2.57. The second-order valence-corrected chi connectivity index (χ2v) is 1.91. The van der Waals surface area contributed by atoms with Crippen LogP contribution in [0, 0.1) is 0 Å². The van der Waals surface area contributed by atoms with E-state index >= 15 is 0 Å². The highest BCUT2D eigenvalue weighted by molar-refractivity contribution is 5.70. The molecule has 0 aliphatic carbocycles. The first-order chi connectivity index (χ1) is 4.76. The lowest BCUT2D eigenvalue weighted by Crippen LogP contribution is -2.75. The number of carboxylic acids is 1. The van der Waals surface area contributed by atoms with E-state index in [0.29, 0.717) is 0 Å². The van der Waals surface area contributed by atoms with Gasteiger partial charge in [-0.05, 0) is 0 Å². The van der Waals surface area contributed by atoms with Gasteiger partial charge in [0.25, 0.3) is 0 Å². The molecule has 0 saturated heterocycles. The highest BCUT2D eigenvalue weighted by Crippen LogP contribution is 2.20. The zero-order valence-electron chi connectivity index (χ0n) is 5.26. The number of aliphatic carboxylic acids is 1. The molecule has 66 valence electrons. The number of alkyl halides is 3. The van der Waals surface area contributed by atoms with Crippen molar-refractivity contribution in [3.05, 3.63) is 0 Å². The average molecular weight is 173 g/mol. The number of carboxylic acid groups (broad SMARTS) is 1. The zero-order chi connectivity index (χ0) is 9.23. The Balaban J connectivity index is 4.25. The van der Waals surface area contributed by atoms with Crippen LogP contribution >= 0.6 is 0 Å². The first kappa shape index (κ1) is 10.2. The van der Waals surface area contributed by atoms with Gasteiger partial charge in [-0.3, -0.25) is 0 Å². The number of aliphatic hydroxyl groups excluding tert-OH is 1. The Kier molecular flexibility index (Phi) is 2.83. The Morgan fingerprint density at radius 2 is 1.91 bits per heavy atom. The van der Waals surface area contributed by atoms with Gasteiger partial charge in [-0.2, -0.15) is 13.2 Å². The van der Waals surface area contributed by atoms with E-state index in [-0.39, 0.29) is 0 Å². The van der Waals surface area contributed by atoms with Gasteiger partial charge >= 0.3 is 6.18 Å². The molecule has 0 fully saturated rings. The maximum Gasteiger partial charge on any atom is 0.420 e. The summed E-state index contributed by atoms with van der Waals surface area (Å²) in [5.74, 6) is -2.03. The van der Waals surface area contributed by atoms with Crippen LogP contribution in [-0.4, -0.2) is 29.4 Å². The third-order valence-corrected chi connectivity index (χ3v) is 1.02. The molecule has 7 heteroatoms. The van der Waals surface area contributed by atoms with Crippen molar-refractivity contribution in [1.82, 2.24) is 0 Å². The van der Waals surface area contributed by atoms with E-state index in [2.05, 4.69) is 5.73 Å². The van der Waals surface area contributed by atoms with Crippen molar-refractivity contribution < 1.29 is 33.9 Å². The van der Waals surface area contributed by atoms with Crippen LogP contribution in [0.4, 0.5) is 13.2 Å². The predicted octanol–water partition coefficient (Wildman–Crippen LogP) is -2.73. The molecule has 0 aromatic carbocycles. The summed E-state index contributed by atoms with van der Waals surface area (Å²) in [7, 11) is 0. The molecule has 0 aliphatic rings. The van der Waals surface area contributed by atoms with E-state index in [1.165, 1.54) is 0 Å². The fourth-order valence-corrected chi connectivity index (χ4v) is 0.357. The van der Waals surface area contributed by atoms with Crippen molar-refractivity contribution in [2.75, 3.05) is 0 Å². The molecule has 0 aromatic rings. The third-order valence-electron chi connectivity index (χ3n) is 1.02. The summed E-state index contributed by atoms with van der Waals surface area (Å²) >= 11 is 0. The molecule has 4 nitrogen and oxygen atoms in total. The zero-order valence-corrected chi connectivity index (χ0v) is 5.26. The Labute approximate surface area is 59.4 Å². The van der Waals surface area contributed by atoms with E-state index in [1.807, 2.05) is 0 Å². The molecule has 0 radical (unpaired) electrons. The van der Waals surface area contributed by atoms with E-state index in [1.54, 1.807) is 0 Å². The van der Waals surface area contributed by atoms with Crippen LogP contribution in [-0.2, 0) is 4.79 Å². The number of rotatable bonds is 2. The molecular weight excluding hydrogens is 167 g/mol.